The first-order chi connectivity index (χ1) is 15.1. The summed E-state index contributed by atoms with van der Waals surface area (Å²) in [5.41, 5.74) is 0.313. The van der Waals surface area contributed by atoms with E-state index in [9.17, 15) is 14.7 Å². The van der Waals surface area contributed by atoms with Crippen molar-refractivity contribution in [2.45, 2.75) is 19.8 Å². The average molecular weight is 415 g/mol. The monoisotopic (exact) mass is 415 g/mol. The maximum Gasteiger partial charge on any atom is 0.351 e. The normalized spacial score (nSPS) is 11.4. The molecule has 0 amide bonds. The molecule has 0 aliphatic rings. The number of fused-ring (bicyclic) bond motifs is 2. The summed E-state index contributed by atoms with van der Waals surface area (Å²) in [6.45, 7) is 2.57. The fraction of sp³-hybridized carbons (Fsp3) is 0.160. The SMILES string of the molecule is CCCCOc1nc2ccccc2cc1/C=C/C(=O)c1c(O)c2ccccc2oc1=O. The van der Waals surface area contributed by atoms with Gasteiger partial charge in [-0.05, 0) is 42.8 Å². The number of carbonyl (C=O) groups is 1. The number of hydrogen-bond acceptors (Lipinski definition) is 6. The molecule has 31 heavy (non-hydrogen) atoms. The molecule has 0 bridgehead atoms. The second kappa shape index (κ2) is 8.83. The Balaban J connectivity index is 1.72. The van der Waals surface area contributed by atoms with Crippen LogP contribution in [0.4, 0.5) is 0 Å². The molecule has 0 saturated carbocycles. The number of aromatic nitrogens is 1. The number of rotatable bonds is 7. The van der Waals surface area contributed by atoms with Crippen LogP contribution < -0.4 is 10.4 Å². The number of ketones is 1. The number of para-hydroxylation sites is 2. The Morgan fingerprint density at radius 2 is 1.94 bits per heavy atom. The first kappa shape index (κ1) is 20.3. The zero-order chi connectivity index (χ0) is 21.8. The molecule has 0 unspecified atom stereocenters. The van der Waals surface area contributed by atoms with E-state index < -0.39 is 22.7 Å². The van der Waals surface area contributed by atoms with Crippen LogP contribution in [0, 0.1) is 0 Å². The van der Waals surface area contributed by atoms with Gasteiger partial charge in [-0.1, -0.05) is 43.7 Å². The lowest BCUT2D eigenvalue weighted by atomic mass is 10.1. The van der Waals surface area contributed by atoms with E-state index in [1.165, 1.54) is 12.2 Å². The lowest BCUT2D eigenvalue weighted by molar-refractivity contribution is 0.104. The number of carbonyl (C=O) groups excluding carboxylic acids is 1. The lowest BCUT2D eigenvalue weighted by Crippen LogP contribution is -2.12. The predicted octanol–water partition coefficient (Wildman–Crippen LogP) is 5.12. The van der Waals surface area contributed by atoms with E-state index >= 15 is 0 Å². The van der Waals surface area contributed by atoms with Crippen molar-refractivity contribution in [2.75, 3.05) is 6.61 Å². The van der Waals surface area contributed by atoms with Crippen molar-refractivity contribution in [3.8, 4) is 11.6 Å². The summed E-state index contributed by atoms with van der Waals surface area (Å²) in [5, 5.41) is 11.7. The Morgan fingerprint density at radius 3 is 2.77 bits per heavy atom. The highest BCUT2D eigenvalue weighted by molar-refractivity contribution is 6.10. The van der Waals surface area contributed by atoms with Gasteiger partial charge in [-0.2, -0.15) is 0 Å². The van der Waals surface area contributed by atoms with Gasteiger partial charge in [-0.3, -0.25) is 4.79 Å². The van der Waals surface area contributed by atoms with Gasteiger partial charge in [0.25, 0.3) is 0 Å². The van der Waals surface area contributed by atoms with E-state index in [1.54, 1.807) is 24.3 Å². The number of nitrogens with zero attached hydrogens (tertiary/aromatic N) is 1. The molecule has 156 valence electrons. The smallest absolute Gasteiger partial charge is 0.351 e. The van der Waals surface area contributed by atoms with Crippen molar-refractivity contribution < 1.29 is 19.1 Å². The lowest BCUT2D eigenvalue weighted by Gasteiger charge is -2.09. The van der Waals surface area contributed by atoms with Gasteiger partial charge in [-0.25, -0.2) is 9.78 Å². The van der Waals surface area contributed by atoms with Crippen molar-refractivity contribution in [1.82, 2.24) is 4.98 Å². The Kier molecular flexibility index (Phi) is 5.80. The van der Waals surface area contributed by atoms with E-state index in [4.69, 9.17) is 9.15 Å². The first-order valence-electron chi connectivity index (χ1n) is 10.1. The molecule has 0 fully saturated rings. The molecule has 4 aromatic rings. The molecule has 2 aromatic heterocycles. The van der Waals surface area contributed by atoms with Crippen molar-refractivity contribution in [3.63, 3.8) is 0 Å². The van der Waals surface area contributed by atoms with Crippen LogP contribution in [0.2, 0.25) is 0 Å². The predicted molar refractivity (Wildman–Crippen MR) is 120 cm³/mol. The highest BCUT2D eigenvalue weighted by Gasteiger charge is 2.19. The van der Waals surface area contributed by atoms with E-state index in [1.807, 2.05) is 30.3 Å². The van der Waals surface area contributed by atoms with Gasteiger partial charge in [0.15, 0.2) is 5.78 Å². The Morgan fingerprint density at radius 1 is 1.16 bits per heavy atom. The van der Waals surface area contributed by atoms with E-state index in [0.717, 1.165) is 23.7 Å². The number of aromatic hydroxyl groups is 1. The Labute approximate surface area is 178 Å². The molecule has 6 nitrogen and oxygen atoms in total. The third kappa shape index (κ3) is 4.19. The summed E-state index contributed by atoms with van der Waals surface area (Å²) < 4.78 is 11.0. The van der Waals surface area contributed by atoms with Crippen molar-refractivity contribution in [1.29, 1.82) is 0 Å². The Bertz CT molecular complexity index is 1350. The highest BCUT2D eigenvalue weighted by atomic mass is 16.5. The third-order valence-corrected chi connectivity index (χ3v) is 4.90. The minimum atomic E-state index is -0.887. The van der Waals surface area contributed by atoms with Gasteiger partial charge in [0.05, 0.1) is 17.5 Å². The minimum Gasteiger partial charge on any atom is -0.506 e. The molecule has 0 aliphatic carbocycles. The first-order valence-corrected chi connectivity index (χ1v) is 10.1. The summed E-state index contributed by atoms with van der Waals surface area (Å²) in [5.74, 6) is -0.645. The third-order valence-electron chi connectivity index (χ3n) is 4.90. The fourth-order valence-corrected chi connectivity index (χ4v) is 3.26. The Hall–Kier alpha value is -3.93. The van der Waals surface area contributed by atoms with Crippen LogP contribution in [-0.2, 0) is 0 Å². The van der Waals surface area contributed by atoms with Crippen LogP contribution in [0.25, 0.3) is 27.9 Å². The summed E-state index contributed by atoms with van der Waals surface area (Å²) in [6.07, 6.45) is 4.62. The number of allylic oxidation sites excluding steroid dienone is 1. The quantitative estimate of drug-likeness (QED) is 0.195. The van der Waals surface area contributed by atoms with Crippen LogP contribution in [0.3, 0.4) is 0 Å². The van der Waals surface area contributed by atoms with Crippen LogP contribution in [-0.4, -0.2) is 22.5 Å². The fourth-order valence-electron chi connectivity index (χ4n) is 3.26. The van der Waals surface area contributed by atoms with Gasteiger partial charge in [-0.15, -0.1) is 0 Å². The van der Waals surface area contributed by atoms with Gasteiger partial charge in [0, 0.05) is 10.9 Å². The summed E-state index contributed by atoms with van der Waals surface area (Å²) in [7, 11) is 0. The van der Waals surface area contributed by atoms with Gasteiger partial charge < -0.3 is 14.3 Å². The average Bonchev–Trinajstić information content (AvgIpc) is 2.77. The standard InChI is InChI=1S/C25H21NO5/c1-2-3-14-30-24-17(15-16-8-4-6-10-19(16)26-24)12-13-20(27)22-23(28)18-9-5-7-11-21(18)31-25(22)29/h4-13,15,28H,2-3,14H2,1H3/b13-12+. The molecular weight excluding hydrogens is 394 g/mol. The molecule has 0 radical (unpaired) electrons. The second-order valence-corrected chi connectivity index (χ2v) is 7.08. The summed E-state index contributed by atoms with van der Waals surface area (Å²) in [6, 6.07) is 16.0. The van der Waals surface area contributed by atoms with Crippen molar-refractivity contribution >= 4 is 33.7 Å². The van der Waals surface area contributed by atoms with Crippen LogP contribution >= 0.6 is 0 Å². The van der Waals surface area contributed by atoms with Crippen molar-refractivity contribution in [2.24, 2.45) is 0 Å². The van der Waals surface area contributed by atoms with Crippen LogP contribution in [0.15, 0.2) is 69.9 Å². The topological polar surface area (TPSA) is 89.6 Å². The maximum absolute atomic E-state index is 12.8. The summed E-state index contributed by atoms with van der Waals surface area (Å²) in [4.78, 5) is 29.6. The highest BCUT2D eigenvalue weighted by Crippen LogP contribution is 2.27. The number of unbranched alkanes of at least 4 members (excludes halogenated alkanes) is 1. The molecule has 0 aliphatic heterocycles. The van der Waals surface area contributed by atoms with E-state index in [0.29, 0.717) is 23.4 Å². The van der Waals surface area contributed by atoms with E-state index in [-0.39, 0.29) is 5.58 Å². The van der Waals surface area contributed by atoms with Gasteiger partial charge in [0.2, 0.25) is 5.88 Å². The number of hydrogen-bond donors (Lipinski definition) is 1. The minimum absolute atomic E-state index is 0.218. The number of benzene rings is 2. The second-order valence-electron chi connectivity index (χ2n) is 7.08. The molecule has 0 spiro atoms. The van der Waals surface area contributed by atoms with Gasteiger partial charge >= 0.3 is 5.63 Å². The molecule has 4 rings (SSSR count). The van der Waals surface area contributed by atoms with E-state index in [2.05, 4.69) is 11.9 Å². The van der Waals surface area contributed by atoms with Crippen LogP contribution in [0.5, 0.6) is 11.6 Å². The summed E-state index contributed by atoms with van der Waals surface area (Å²) >= 11 is 0. The number of pyridine rings is 1. The number of ether oxygens (including phenoxy) is 1. The van der Waals surface area contributed by atoms with Crippen molar-refractivity contribution in [3.05, 3.63) is 82.2 Å². The largest absolute Gasteiger partial charge is 0.506 e. The molecular formula is C25H21NO5. The van der Waals surface area contributed by atoms with Gasteiger partial charge in [0.1, 0.15) is 16.9 Å². The van der Waals surface area contributed by atoms with Crippen LogP contribution in [0.1, 0.15) is 35.7 Å². The molecule has 6 heteroatoms. The molecule has 2 heterocycles. The zero-order valence-electron chi connectivity index (χ0n) is 17.0. The zero-order valence-corrected chi connectivity index (χ0v) is 17.0. The maximum atomic E-state index is 12.8. The molecule has 0 saturated heterocycles. The molecule has 2 aromatic carbocycles. The molecule has 0 atom stereocenters. The molecule has 1 N–H and O–H groups in total.